The van der Waals surface area contributed by atoms with Gasteiger partial charge in [0.25, 0.3) is 0 Å². The molecule has 2 aromatic rings. The van der Waals surface area contributed by atoms with Gasteiger partial charge in [-0.1, -0.05) is 74.5 Å². The second-order valence-corrected chi connectivity index (χ2v) is 12.6. The van der Waals surface area contributed by atoms with E-state index in [1.807, 2.05) is 74.5 Å². The maximum absolute atomic E-state index is 13.9. The fourth-order valence-corrected chi connectivity index (χ4v) is 5.43. The van der Waals surface area contributed by atoms with E-state index >= 15 is 0 Å². The SMILES string of the molecule is COCCOCCCC(=O)[C@@H](CCCCN)NC(=O)[C@H](CC(=O)[C@@H](Cc1ccccc1)NC(=O)[C@H](N)Cc1ccccc1)CC(C)C. The number of ketones is 2. The van der Waals surface area contributed by atoms with Gasteiger partial charge in [-0.25, -0.2) is 0 Å². The molecule has 0 saturated heterocycles. The fourth-order valence-electron chi connectivity index (χ4n) is 5.43. The Morgan fingerprint density at radius 3 is 1.96 bits per heavy atom. The van der Waals surface area contributed by atoms with Crippen LogP contribution >= 0.6 is 0 Å². The van der Waals surface area contributed by atoms with E-state index in [4.69, 9.17) is 20.9 Å². The number of carbonyl (C=O) groups is 4. The Morgan fingerprint density at radius 2 is 1.36 bits per heavy atom. The standard InChI is InChI=1S/C37H56N4O6/c1-27(2)23-30(36(44)40-32(17-10-11-19-38)34(42)18-12-20-47-22-21-46-3)26-35(43)33(25-29-15-8-5-9-16-29)41-37(45)31(39)24-28-13-6-4-7-14-28/h4-9,13-16,27,30-33H,10-12,17-26,38-39H2,1-3H3,(H,40,44)(H,41,45)/t30-,31+,32+,33+/m0/s1. The average Bonchev–Trinajstić information content (AvgIpc) is 3.05. The van der Waals surface area contributed by atoms with Gasteiger partial charge in [-0.15, -0.1) is 0 Å². The molecule has 47 heavy (non-hydrogen) atoms. The molecule has 10 heteroatoms. The summed E-state index contributed by atoms with van der Waals surface area (Å²) < 4.78 is 10.5. The van der Waals surface area contributed by atoms with Gasteiger partial charge in [0, 0.05) is 32.5 Å². The molecule has 0 saturated carbocycles. The Morgan fingerprint density at radius 1 is 0.745 bits per heavy atom. The van der Waals surface area contributed by atoms with Crippen LogP contribution in [0.4, 0.5) is 0 Å². The normalized spacial score (nSPS) is 13.8. The number of hydrogen-bond acceptors (Lipinski definition) is 8. The first-order valence-electron chi connectivity index (χ1n) is 16.9. The van der Waals surface area contributed by atoms with Crippen molar-refractivity contribution in [2.45, 2.75) is 89.8 Å². The van der Waals surface area contributed by atoms with E-state index in [1.165, 1.54) is 0 Å². The number of Topliss-reactive ketones (excluding diaryl/α,β-unsaturated/α-hetero) is 2. The third-order valence-corrected chi connectivity index (χ3v) is 7.99. The predicted molar refractivity (Wildman–Crippen MR) is 185 cm³/mol. The Kier molecular flexibility index (Phi) is 19.4. The Hall–Kier alpha value is -3.44. The van der Waals surface area contributed by atoms with E-state index in [1.54, 1.807) is 7.11 Å². The maximum Gasteiger partial charge on any atom is 0.237 e. The minimum atomic E-state index is -0.866. The lowest BCUT2D eigenvalue weighted by Gasteiger charge is -2.25. The van der Waals surface area contributed by atoms with E-state index in [2.05, 4.69) is 10.6 Å². The molecule has 4 atom stereocenters. The molecule has 0 aromatic heterocycles. The Labute approximate surface area is 280 Å². The zero-order valence-electron chi connectivity index (χ0n) is 28.5. The molecular weight excluding hydrogens is 596 g/mol. The maximum atomic E-state index is 13.9. The lowest BCUT2D eigenvalue weighted by Crippen LogP contribution is -2.51. The van der Waals surface area contributed by atoms with E-state index in [0.29, 0.717) is 58.5 Å². The molecule has 0 heterocycles. The van der Waals surface area contributed by atoms with Crippen molar-refractivity contribution in [3.8, 4) is 0 Å². The molecule has 260 valence electrons. The molecule has 0 aliphatic rings. The number of nitrogens with one attached hydrogen (secondary N) is 2. The number of hydrogen-bond donors (Lipinski definition) is 4. The van der Waals surface area contributed by atoms with Gasteiger partial charge in [-0.2, -0.15) is 0 Å². The molecule has 0 aliphatic carbocycles. The average molecular weight is 653 g/mol. The summed E-state index contributed by atoms with van der Waals surface area (Å²) in [6.07, 6.45) is 3.68. The minimum absolute atomic E-state index is 0.0676. The van der Waals surface area contributed by atoms with Crippen molar-refractivity contribution < 1.29 is 28.7 Å². The number of unbranched alkanes of at least 4 members (excludes halogenated alkanes) is 1. The van der Waals surface area contributed by atoms with Crippen molar-refractivity contribution in [3.05, 3.63) is 71.8 Å². The van der Waals surface area contributed by atoms with Crippen LogP contribution in [0.3, 0.4) is 0 Å². The van der Waals surface area contributed by atoms with Gasteiger partial charge in [0.15, 0.2) is 11.6 Å². The fraction of sp³-hybridized carbons (Fsp3) is 0.568. The van der Waals surface area contributed by atoms with Crippen LogP contribution in [0.1, 0.15) is 69.9 Å². The van der Waals surface area contributed by atoms with Crippen LogP contribution in [-0.4, -0.2) is 75.0 Å². The molecular formula is C37H56N4O6. The van der Waals surface area contributed by atoms with Crippen molar-refractivity contribution in [3.63, 3.8) is 0 Å². The predicted octanol–water partition coefficient (Wildman–Crippen LogP) is 3.53. The molecule has 2 aromatic carbocycles. The number of nitrogens with two attached hydrogens (primary N) is 2. The van der Waals surface area contributed by atoms with E-state index in [0.717, 1.165) is 17.5 Å². The molecule has 0 spiro atoms. The summed E-state index contributed by atoms with van der Waals surface area (Å²) in [6.45, 7) is 5.84. The van der Waals surface area contributed by atoms with Crippen LogP contribution in [0.2, 0.25) is 0 Å². The highest BCUT2D eigenvalue weighted by Crippen LogP contribution is 2.20. The highest BCUT2D eigenvalue weighted by atomic mass is 16.5. The third kappa shape index (κ3) is 16.3. The van der Waals surface area contributed by atoms with Crippen molar-refractivity contribution in [1.82, 2.24) is 10.6 Å². The highest BCUT2D eigenvalue weighted by molar-refractivity contribution is 5.95. The molecule has 2 amide bonds. The number of methoxy groups -OCH3 is 1. The number of carbonyl (C=O) groups excluding carboxylic acids is 4. The van der Waals surface area contributed by atoms with Gasteiger partial charge < -0.3 is 31.6 Å². The third-order valence-electron chi connectivity index (χ3n) is 7.99. The van der Waals surface area contributed by atoms with Crippen molar-refractivity contribution in [1.29, 1.82) is 0 Å². The first-order valence-corrected chi connectivity index (χ1v) is 16.9. The summed E-state index contributed by atoms with van der Waals surface area (Å²) in [7, 11) is 1.60. The van der Waals surface area contributed by atoms with Gasteiger partial charge in [-0.05, 0) is 68.5 Å². The zero-order valence-corrected chi connectivity index (χ0v) is 28.5. The molecule has 0 unspecified atom stereocenters. The Balaban J connectivity index is 2.16. The lowest BCUT2D eigenvalue weighted by atomic mass is 9.87. The molecule has 6 N–H and O–H groups in total. The molecule has 0 radical (unpaired) electrons. The van der Waals surface area contributed by atoms with E-state index in [9.17, 15) is 19.2 Å². The first kappa shape index (κ1) is 39.7. The number of ether oxygens (including phenoxy) is 2. The van der Waals surface area contributed by atoms with Gasteiger partial charge >= 0.3 is 0 Å². The Bertz CT molecular complexity index is 1190. The molecule has 10 nitrogen and oxygen atoms in total. The molecule has 0 aliphatic heterocycles. The summed E-state index contributed by atoms with van der Waals surface area (Å²) in [5.74, 6) is -1.63. The molecule has 2 rings (SSSR count). The summed E-state index contributed by atoms with van der Waals surface area (Å²) in [5.41, 5.74) is 13.8. The number of benzene rings is 2. The number of rotatable bonds is 25. The zero-order chi connectivity index (χ0) is 34.4. The van der Waals surface area contributed by atoms with Crippen molar-refractivity contribution in [2.24, 2.45) is 23.3 Å². The monoisotopic (exact) mass is 652 g/mol. The van der Waals surface area contributed by atoms with E-state index in [-0.39, 0.29) is 42.7 Å². The minimum Gasteiger partial charge on any atom is -0.382 e. The van der Waals surface area contributed by atoms with Gasteiger partial charge in [0.05, 0.1) is 31.3 Å². The van der Waals surface area contributed by atoms with Crippen LogP contribution in [0.5, 0.6) is 0 Å². The second kappa shape index (κ2) is 23.0. The van der Waals surface area contributed by atoms with E-state index < -0.39 is 30.0 Å². The quantitative estimate of drug-likeness (QED) is 0.118. The van der Waals surface area contributed by atoms with Gasteiger partial charge in [0.1, 0.15) is 0 Å². The van der Waals surface area contributed by atoms with Crippen molar-refractivity contribution >= 4 is 23.4 Å². The lowest BCUT2D eigenvalue weighted by molar-refractivity contribution is -0.134. The summed E-state index contributed by atoms with van der Waals surface area (Å²) in [5, 5.41) is 5.86. The number of amides is 2. The molecule has 0 fully saturated rings. The van der Waals surface area contributed by atoms with Crippen LogP contribution in [0, 0.1) is 11.8 Å². The topological polar surface area (TPSA) is 163 Å². The van der Waals surface area contributed by atoms with Crippen LogP contribution in [-0.2, 0) is 41.5 Å². The van der Waals surface area contributed by atoms with Crippen LogP contribution in [0.15, 0.2) is 60.7 Å². The summed E-state index contributed by atoms with van der Waals surface area (Å²) >= 11 is 0. The first-order chi connectivity index (χ1) is 22.6. The van der Waals surface area contributed by atoms with Crippen molar-refractivity contribution in [2.75, 3.05) is 33.5 Å². The smallest absolute Gasteiger partial charge is 0.237 e. The van der Waals surface area contributed by atoms with Crippen LogP contribution < -0.4 is 22.1 Å². The highest BCUT2D eigenvalue weighted by Gasteiger charge is 2.31. The van der Waals surface area contributed by atoms with Crippen LogP contribution in [0.25, 0.3) is 0 Å². The van der Waals surface area contributed by atoms with Gasteiger partial charge in [0.2, 0.25) is 11.8 Å². The summed E-state index contributed by atoms with van der Waals surface area (Å²) in [4.78, 5) is 54.1. The van der Waals surface area contributed by atoms with Gasteiger partial charge in [-0.3, -0.25) is 19.2 Å². The molecule has 0 bridgehead atoms. The second-order valence-electron chi connectivity index (χ2n) is 12.6. The summed E-state index contributed by atoms with van der Waals surface area (Å²) in [6, 6.07) is 16.5. The largest absolute Gasteiger partial charge is 0.382 e.